The van der Waals surface area contributed by atoms with Gasteiger partial charge in [-0.3, -0.25) is 9.69 Å². The molecule has 1 N–H and O–H groups in total. The Morgan fingerprint density at radius 2 is 2.05 bits per heavy atom. The minimum Gasteiger partial charge on any atom is -0.465 e. The topological polar surface area (TPSA) is 71.6 Å². The minimum atomic E-state index is -0.419. The third-order valence-corrected chi connectivity index (χ3v) is 3.98. The molecule has 22 heavy (non-hydrogen) atoms. The molecule has 0 aromatic carbocycles. The van der Waals surface area contributed by atoms with E-state index < -0.39 is 5.97 Å². The number of hydrogen-bond acceptors (Lipinski definition) is 5. The third-order valence-electron chi connectivity index (χ3n) is 3.98. The van der Waals surface area contributed by atoms with Crippen LogP contribution in [0.2, 0.25) is 0 Å². The van der Waals surface area contributed by atoms with E-state index in [0.29, 0.717) is 42.2 Å². The summed E-state index contributed by atoms with van der Waals surface area (Å²) in [6.45, 7) is 9.95. The summed E-state index contributed by atoms with van der Waals surface area (Å²) in [4.78, 5) is 29.5. The van der Waals surface area contributed by atoms with Gasteiger partial charge in [-0.05, 0) is 33.3 Å². The number of aryl methyl sites for hydroxylation is 1. The maximum absolute atomic E-state index is 12.6. The van der Waals surface area contributed by atoms with Gasteiger partial charge in [0.15, 0.2) is 5.78 Å². The van der Waals surface area contributed by atoms with Crippen molar-refractivity contribution in [3.05, 3.63) is 22.5 Å². The predicted molar refractivity (Wildman–Crippen MR) is 82.4 cm³/mol. The zero-order valence-corrected chi connectivity index (χ0v) is 13.9. The van der Waals surface area contributed by atoms with Gasteiger partial charge in [-0.15, -0.1) is 0 Å². The Morgan fingerprint density at radius 3 is 2.64 bits per heavy atom. The zero-order valence-electron chi connectivity index (χ0n) is 13.9. The molecule has 1 aliphatic rings. The number of ketones is 1. The van der Waals surface area contributed by atoms with E-state index in [9.17, 15) is 9.59 Å². The van der Waals surface area contributed by atoms with Gasteiger partial charge in [0.05, 0.1) is 37.1 Å². The summed E-state index contributed by atoms with van der Waals surface area (Å²) in [5.74, 6) is -0.439. The fourth-order valence-corrected chi connectivity index (χ4v) is 2.97. The number of nitrogens with zero attached hydrogens (tertiary/aromatic N) is 1. The lowest BCUT2D eigenvalue weighted by atomic mass is 10.1. The van der Waals surface area contributed by atoms with E-state index in [4.69, 9.17) is 9.47 Å². The number of hydrogen-bond donors (Lipinski definition) is 1. The molecule has 1 saturated heterocycles. The Labute approximate surface area is 130 Å². The molecule has 0 amide bonds. The average Bonchev–Trinajstić information content (AvgIpc) is 2.72. The predicted octanol–water partition coefficient (Wildman–Crippen LogP) is 1.71. The first-order valence-corrected chi connectivity index (χ1v) is 7.42. The van der Waals surface area contributed by atoms with E-state index in [1.165, 1.54) is 7.11 Å². The van der Waals surface area contributed by atoms with Crippen molar-refractivity contribution in [2.45, 2.75) is 33.3 Å². The van der Waals surface area contributed by atoms with Crippen LogP contribution in [-0.2, 0) is 9.47 Å². The molecule has 2 heterocycles. The van der Waals surface area contributed by atoms with Gasteiger partial charge in [-0.1, -0.05) is 0 Å². The van der Waals surface area contributed by atoms with E-state index in [2.05, 4.69) is 9.88 Å². The van der Waals surface area contributed by atoms with Crippen molar-refractivity contribution in [2.24, 2.45) is 0 Å². The molecule has 0 bridgehead atoms. The fraction of sp³-hybridized carbons (Fsp3) is 0.625. The molecule has 0 aliphatic carbocycles. The Bertz CT molecular complexity index is 589. The molecule has 1 aromatic heterocycles. The quantitative estimate of drug-likeness (QED) is 0.677. The number of morpholine rings is 1. The van der Waals surface area contributed by atoms with E-state index in [1.54, 1.807) is 13.8 Å². The lowest BCUT2D eigenvalue weighted by Gasteiger charge is -2.37. The molecular weight excluding hydrogens is 284 g/mol. The lowest BCUT2D eigenvalue weighted by Crippen LogP contribution is -2.49. The summed E-state index contributed by atoms with van der Waals surface area (Å²) in [5.41, 5.74) is 2.02. The van der Waals surface area contributed by atoms with Crippen LogP contribution in [0.1, 0.15) is 46.0 Å². The van der Waals surface area contributed by atoms with Crippen LogP contribution in [0.25, 0.3) is 0 Å². The average molecular weight is 308 g/mol. The largest absolute Gasteiger partial charge is 0.465 e. The number of ether oxygens (including phenoxy) is 2. The van der Waals surface area contributed by atoms with Crippen LogP contribution in [0.4, 0.5) is 0 Å². The molecular formula is C16H24N2O4. The Morgan fingerprint density at radius 1 is 1.36 bits per heavy atom. The van der Waals surface area contributed by atoms with E-state index >= 15 is 0 Å². The molecule has 2 rings (SSSR count). The summed E-state index contributed by atoms with van der Waals surface area (Å²) in [5, 5.41) is 0. The van der Waals surface area contributed by atoms with Gasteiger partial charge in [0.2, 0.25) is 0 Å². The first-order valence-electron chi connectivity index (χ1n) is 7.42. The van der Waals surface area contributed by atoms with E-state index in [1.807, 2.05) is 13.8 Å². The van der Waals surface area contributed by atoms with Crippen molar-refractivity contribution >= 4 is 11.8 Å². The number of aromatic nitrogens is 1. The number of rotatable bonds is 4. The van der Waals surface area contributed by atoms with Crippen LogP contribution in [0.5, 0.6) is 0 Å². The molecule has 1 aromatic rings. The number of carbonyl (C=O) groups excluding carboxylic acids is 2. The molecule has 6 heteroatoms. The molecule has 1 aliphatic heterocycles. The molecule has 0 spiro atoms. The summed E-state index contributed by atoms with van der Waals surface area (Å²) < 4.78 is 10.4. The van der Waals surface area contributed by atoms with Gasteiger partial charge in [0.1, 0.15) is 0 Å². The van der Waals surface area contributed by atoms with E-state index in [0.717, 1.165) is 6.54 Å². The smallest absolute Gasteiger partial charge is 0.339 e. The summed E-state index contributed by atoms with van der Waals surface area (Å²) in [7, 11) is 1.34. The van der Waals surface area contributed by atoms with Crippen molar-refractivity contribution in [1.29, 1.82) is 0 Å². The first-order chi connectivity index (χ1) is 10.2. The number of nitrogens with one attached hydrogen (secondary N) is 1. The normalized spacial score (nSPS) is 18.2. The summed E-state index contributed by atoms with van der Waals surface area (Å²) in [6.07, 6.45) is 0. The second-order valence-electron chi connectivity index (χ2n) is 6.36. The number of aromatic amines is 1. The molecule has 1 fully saturated rings. The number of esters is 1. The van der Waals surface area contributed by atoms with Crippen molar-refractivity contribution in [1.82, 2.24) is 9.88 Å². The molecule has 0 radical (unpaired) electrons. The number of carbonyl (C=O) groups is 2. The van der Waals surface area contributed by atoms with Crippen molar-refractivity contribution in [2.75, 3.05) is 33.4 Å². The van der Waals surface area contributed by atoms with Crippen LogP contribution in [0, 0.1) is 13.8 Å². The Balaban J connectivity index is 2.15. The van der Waals surface area contributed by atoms with Gasteiger partial charge < -0.3 is 14.5 Å². The molecule has 6 nitrogen and oxygen atoms in total. The SMILES string of the molecule is COC(=O)c1c(C)[nH]c(C(=O)CN2CCOC(C)(C)C2)c1C. The highest BCUT2D eigenvalue weighted by molar-refractivity contribution is 6.02. The van der Waals surface area contributed by atoms with Crippen LogP contribution in [-0.4, -0.2) is 60.6 Å². The standard InChI is InChI=1S/C16H24N2O4/c1-10-13(15(20)21-5)11(2)17-14(10)12(19)8-18-6-7-22-16(3,4)9-18/h17H,6-9H2,1-5H3. The van der Waals surface area contributed by atoms with Gasteiger partial charge >= 0.3 is 5.97 Å². The monoisotopic (exact) mass is 308 g/mol. The Hall–Kier alpha value is -1.66. The maximum Gasteiger partial charge on any atom is 0.339 e. The second kappa shape index (κ2) is 6.22. The van der Waals surface area contributed by atoms with Gasteiger partial charge in [-0.25, -0.2) is 4.79 Å². The summed E-state index contributed by atoms with van der Waals surface area (Å²) >= 11 is 0. The van der Waals surface area contributed by atoms with Gasteiger partial charge in [-0.2, -0.15) is 0 Å². The number of methoxy groups -OCH3 is 1. The molecule has 122 valence electrons. The van der Waals surface area contributed by atoms with Crippen molar-refractivity contribution in [3.63, 3.8) is 0 Å². The van der Waals surface area contributed by atoms with Crippen LogP contribution in [0.15, 0.2) is 0 Å². The highest BCUT2D eigenvalue weighted by Crippen LogP contribution is 2.21. The van der Waals surface area contributed by atoms with Gasteiger partial charge in [0.25, 0.3) is 0 Å². The highest BCUT2D eigenvalue weighted by atomic mass is 16.5. The van der Waals surface area contributed by atoms with Crippen LogP contribution >= 0.6 is 0 Å². The first kappa shape index (κ1) is 16.7. The minimum absolute atomic E-state index is 0.0200. The fourth-order valence-electron chi connectivity index (χ4n) is 2.97. The van der Waals surface area contributed by atoms with Crippen LogP contribution in [0.3, 0.4) is 0 Å². The lowest BCUT2D eigenvalue weighted by molar-refractivity contribution is -0.0833. The van der Waals surface area contributed by atoms with E-state index in [-0.39, 0.29) is 11.4 Å². The van der Waals surface area contributed by atoms with Crippen molar-refractivity contribution in [3.8, 4) is 0 Å². The molecule has 0 atom stereocenters. The zero-order chi connectivity index (χ0) is 16.5. The highest BCUT2D eigenvalue weighted by Gasteiger charge is 2.29. The molecule has 0 unspecified atom stereocenters. The Kier molecular flexibility index (Phi) is 4.72. The second-order valence-corrected chi connectivity index (χ2v) is 6.36. The third kappa shape index (κ3) is 3.39. The maximum atomic E-state index is 12.6. The number of H-pyrrole nitrogens is 1. The van der Waals surface area contributed by atoms with Crippen molar-refractivity contribution < 1.29 is 19.1 Å². The van der Waals surface area contributed by atoms with Gasteiger partial charge in [0, 0.05) is 18.8 Å². The molecule has 0 saturated carbocycles. The number of Topliss-reactive ketones (excluding diaryl/α,β-unsaturated/α-hetero) is 1. The van der Waals surface area contributed by atoms with Crippen LogP contribution < -0.4 is 0 Å². The summed E-state index contributed by atoms with van der Waals surface area (Å²) in [6, 6.07) is 0.